The molecular formula is C19H23ClN4O4S3. The van der Waals surface area contributed by atoms with Crippen LogP contribution in [0, 0.1) is 0 Å². The van der Waals surface area contributed by atoms with Crippen LogP contribution < -0.4 is 10.6 Å². The molecule has 4 rings (SSSR count). The van der Waals surface area contributed by atoms with Crippen molar-refractivity contribution in [2.45, 2.75) is 12.5 Å². The molecule has 0 bridgehead atoms. The second-order valence-electron chi connectivity index (χ2n) is 7.94. The molecule has 1 fully saturated rings. The summed E-state index contributed by atoms with van der Waals surface area (Å²) in [5.74, 6) is 0.000667. The van der Waals surface area contributed by atoms with Gasteiger partial charge in [0.1, 0.15) is 5.54 Å². The molecule has 31 heavy (non-hydrogen) atoms. The summed E-state index contributed by atoms with van der Waals surface area (Å²) in [6, 6.07) is 9.62. The Balaban J connectivity index is 1.67. The average Bonchev–Trinajstić information content (AvgIpc) is 3.08. The Kier molecular flexibility index (Phi) is 5.52. The topological polar surface area (TPSA) is 113 Å². The molecule has 12 heteroatoms. The largest absolute Gasteiger partial charge is 0.369 e. The van der Waals surface area contributed by atoms with Crippen LogP contribution in [0.15, 0.2) is 35.3 Å². The first-order valence-corrected chi connectivity index (χ1v) is 14.2. The van der Waals surface area contributed by atoms with Gasteiger partial charge in [-0.3, -0.25) is 0 Å². The normalized spacial score (nSPS) is 25.3. The van der Waals surface area contributed by atoms with Gasteiger partial charge in [-0.25, -0.2) is 26.1 Å². The van der Waals surface area contributed by atoms with Crippen LogP contribution in [0.4, 0.5) is 5.69 Å². The molecule has 1 atom stereocenters. The molecule has 2 aliphatic heterocycles. The standard InChI is InChI=1S/C19H23ClN4O4S3/c1-19(12-31(27,28)23(2)18(21)22-19)17-15(20)11-16(29-17)13-4-3-5-14(10-13)24-6-8-30(25,26)9-7-24/h3-5,10-11H,6-9,12H2,1-2H3,(H2,21,22). The van der Waals surface area contributed by atoms with Gasteiger partial charge in [-0.15, -0.1) is 11.3 Å². The number of sulfone groups is 1. The Hall–Kier alpha value is -1.82. The molecule has 0 aliphatic carbocycles. The SMILES string of the molecule is CN1C(N)=NC(C)(c2sc(-c3cccc(N4CCS(=O)(=O)CC4)c3)cc2Cl)CS1(=O)=O. The zero-order valence-corrected chi connectivity index (χ0v) is 20.3. The summed E-state index contributed by atoms with van der Waals surface area (Å²) in [7, 11) is -5.18. The summed E-state index contributed by atoms with van der Waals surface area (Å²) in [6.45, 7) is 2.63. The van der Waals surface area contributed by atoms with Gasteiger partial charge in [0.2, 0.25) is 16.0 Å². The minimum Gasteiger partial charge on any atom is -0.369 e. The Labute approximate surface area is 191 Å². The molecule has 0 saturated carbocycles. The summed E-state index contributed by atoms with van der Waals surface area (Å²) in [4.78, 5) is 8.00. The average molecular weight is 503 g/mol. The number of thiophene rings is 1. The highest BCUT2D eigenvalue weighted by atomic mass is 35.5. The van der Waals surface area contributed by atoms with Crippen molar-refractivity contribution < 1.29 is 16.8 Å². The monoisotopic (exact) mass is 502 g/mol. The predicted octanol–water partition coefficient (Wildman–Crippen LogP) is 2.11. The molecule has 0 radical (unpaired) electrons. The fourth-order valence-electron chi connectivity index (χ4n) is 3.77. The maximum Gasteiger partial charge on any atom is 0.239 e. The summed E-state index contributed by atoms with van der Waals surface area (Å²) >= 11 is 7.91. The molecular weight excluding hydrogens is 480 g/mol. The Morgan fingerprint density at radius 1 is 1.16 bits per heavy atom. The van der Waals surface area contributed by atoms with Gasteiger partial charge in [-0.2, -0.15) is 0 Å². The fourth-order valence-corrected chi connectivity index (χ4v) is 8.13. The van der Waals surface area contributed by atoms with Crippen LogP contribution in [0.25, 0.3) is 10.4 Å². The molecule has 1 saturated heterocycles. The quantitative estimate of drug-likeness (QED) is 0.687. The third kappa shape index (κ3) is 4.28. The predicted molar refractivity (Wildman–Crippen MR) is 126 cm³/mol. The molecule has 1 aromatic heterocycles. The summed E-state index contributed by atoms with van der Waals surface area (Å²) < 4.78 is 49.5. The van der Waals surface area contributed by atoms with E-state index in [1.807, 2.05) is 30.3 Å². The van der Waals surface area contributed by atoms with Gasteiger partial charge in [0.05, 0.1) is 27.2 Å². The minimum atomic E-state index is -3.60. The zero-order chi connectivity index (χ0) is 22.6. The van der Waals surface area contributed by atoms with Gasteiger partial charge in [-0.1, -0.05) is 23.7 Å². The second-order valence-corrected chi connectivity index (χ2v) is 13.7. The number of halogens is 1. The van der Waals surface area contributed by atoms with Crippen molar-refractivity contribution in [2.75, 3.05) is 42.3 Å². The van der Waals surface area contributed by atoms with E-state index in [-0.39, 0.29) is 23.2 Å². The van der Waals surface area contributed by atoms with E-state index in [1.165, 1.54) is 18.4 Å². The summed E-state index contributed by atoms with van der Waals surface area (Å²) in [5.41, 5.74) is 6.65. The first-order chi connectivity index (χ1) is 14.4. The lowest BCUT2D eigenvalue weighted by atomic mass is 10.0. The number of nitrogens with zero attached hydrogens (tertiary/aromatic N) is 3. The highest BCUT2D eigenvalue weighted by Gasteiger charge is 2.42. The fraction of sp³-hybridized carbons (Fsp3) is 0.421. The highest BCUT2D eigenvalue weighted by Crippen LogP contribution is 2.44. The van der Waals surface area contributed by atoms with Crippen molar-refractivity contribution in [3.8, 4) is 10.4 Å². The van der Waals surface area contributed by atoms with E-state index < -0.39 is 25.4 Å². The third-order valence-electron chi connectivity index (χ3n) is 5.58. The van der Waals surface area contributed by atoms with Crippen molar-refractivity contribution in [1.29, 1.82) is 0 Å². The second kappa shape index (κ2) is 7.65. The highest BCUT2D eigenvalue weighted by molar-refractivity contribution is 7.91. The lowest BCUT2D eigenvalue weighted by Crippen LogP contribution is -2.50. The lowest BCUT2D eigenvalue weighted by Gasteiger charge is -2.33. The molecule has 2 aromatic rings. The molecule has 1 aromatic carbocycles. The van der Waals surface area contributed by atoms with Crippen LogP contribution in [0.1, 0.15) is 11.8 Å². The van der Waals surface area contributed by atoms with Crippen LogP contribution in [0.5, 0.6) is 0 Å². The maximum absolute atomic E-state index is 12.5. The minimum absolute atomic E-state index is 0.0678. The van der Waals surface area contributed by atoms with Crippen LogP contribution in [0.3, 0.4) is 0 Å². The van der Waals surface area contributed by atoms with Gasteiger partial charge < -0.3 is 10.6 Å². The van der Waals surface area contributed by atoms with Crippen LogP contribution in [-0.4, -0.2) is 64.5 Å². The van der Waals surface area contributed by atoms with E-state index in [4.69, 9.17) is 17.3 Å². The number of nitrogens with two attached hydrogens (primary N) is 1. The van der Waals surface area contributed by atoms with Gasteiger partial charge in [0.15, 0.2) is 9.84 Å². The van der Waals surface area contributed by atoms with E-state index >= 15 is 0 Å². The molecule has 2 N–H and O–H groups in total. The van der Waals surface area contributed by atoms with E-state index in [0.717, 1.165) is 20.4 Å². The number of anilines is 1. The molecule has 168 valence electrons. The van der Waals surface area contributed by atoms with E-state index in [1.54, 1.807) is 6.92 Å². The lowest BCUT2D eigenvalue weighted by molar-refractivity contribution is 0.482. The van der Waals surface area contributed by atoms with Gasteiger partial charge in [0.25, 0.3) is 0 Å². The first kappa shape index (κ1) is 22.4. The summed E-state index contributed by atoms with van der Waals surface area (Å²) in [6.07, 6.45) is 0. The summed E-state index contributed by atoms with van der Waals surface area (Å²) in [5, 5.41) is 0.438. The number of hydrogen-bond acceptors (Lipinski definition) is 8. The molecule has 0 spiro atoms. The third-order valence-corrected chi connectivity index (χ3v) is 11.0. The van der Waals surface area contributed by atoms with E-state index in [0.29, 0.717) is 23.0 Å². The Morgan fingerprint density at radius 3 is 2.48 bits per heavy atom. The Morgan fingerprint density at radius 2 is 1.84 bits per heavy atom. The molecule has 1 unspecified atom stereocenters. The molecule has 8 nitrogen and oxygen atoms in total. The van der Waals surface area contributed by atoms with Crippen LogP contribution in [0.2, 0.25) is 5.02 Å². The molecule has 0 amide bonds. The van der Waals surface area contributed by atoms with E-state index in [2.05, 4.69) is 9.89 Å². The number of aliphatic imine (C=N–C) groups is 1. The first-order valence-electron chi connectivity index (χ1n) is 9.58. The number of sulfonamides is 1. The Bertz CT molecular complexity index is 1260. The van der Waals surface area contributed by atoms with Gasteiger partial charge >= 0.3 is 0 Å². The number of guanidine groups is 1. The smallest absolute Gasteiger partial charge is 0.239 e. The van der Waals surface area contributed by atoms with Crippen LogP contribution >= 0.6 is 22.9 Å². The number of hydrogen-bond donors (Lipinski definition) is 1. The maximum atomic E-state index is 12.5. The van der Waals surface area contributed by atoms with Crippen LogP contribution in [-0.2, 0) is 25.4 Å². The molecule has 2 aliphatic rings. The van der Waals surface area contributed by atoms with Gasteiger partial charge in [0, 0.05) is 30.7 Å². The van der Waals surface area contributed by atoms with Crippen molar-refractivity contribution in [3.05, 3.63) is 40.2 Å². The van der Waals surface area contributed by atoms with E-state index in [9.17, 15) is 16.8 Å². The van der Waals surface area contributed by atoms with Crippen molar-refractivity contribution in [1.82, 2.24) is 4.31 Å². The van der Waals surface area contributed by atoms with Gasteiger partial charge in [-0.05, 0) is 30.7 Å². The molecule has 3 heterocycles. The zero-order valence-electron chi connectivity index (χ0n) is 17.1. The van der Waals surface area contributed by atoms with Crippen molar-refractivity contribution in [3.63, 3.8) is 0 Å². The van der Waals surface area contributed by atoms with Crippen molar-refractivity contribution >= 4 is 54.4 Å². The van der Waals surface area contributed by atoms with Crippen molar-refractivity contribution in [2.24, 2.45) is 10.7 Å². The number of rotatable bonds is 3. The number of benzene rings is 1.